The van der Waals surface area contributed by atoms with Gasteiger partial charge in [0.2, 0.25) is 12.7 Å². The number of ether oxygens (including phenoxy) is 2. The lowest BCUT2D eigenvalue weighted by Gasteiger charge is -2.24. The number of aryl methyl sites for hydroxylation is 1. The molecule has 0 spiro atoms. The number of carbonyl (C=O) groups excluding carboxylic acids is 1. The number of rotatable bonds is 5. The highest BCUT2D eigenvalue weighted by Crippen LogP contribution is 2.34. The summed E-state index contributed by atoms with van der Waals surface area (Å²) in [6.07, 6.45) is 4.01. The predicted molar refractivity (Wildman–Crippen MR) is 126 cm³/mol. The SMILES string of the molecule is CC[C@H](C(=O)Nc1ccc2c(c1)OCO2)n1nc(-c2ccc(C)cc2)c2c(c1=O)CCCC2. The van der Waals surface area contributed by atoms with Crippen molar-refractivity contribution in [3.63, 3.8) is 0 Å². The molecule has 3 aromatic rings. The van der Waals surface area contributed by atoms with Crippen LogP contribution in [0.3, 0.4) is 0 Å². The van der Waals surface area contributed by atoms with Crippen LogP contribution in [0.1, 0.15) is 48.9 Å². The molecule has 1 aliphatic carbocycles. The molecule has 2 heterocycles. The summed E-state index contributed by atoms with van der Waals surface area (Å²) in [5.74, 6) is 0.957. The Labute approximate surface area is 192 Å². The molecule has 1 N–H and O–H groups in total. The molecular formula is C26H27N3O4. The molecule has 5 rings (SSSR count). The van der Waals surface area contributed by atoms with Gasteiger partial charge in [0.05, 0.1) is 5.69 Å². The molecule has 2 aliphatic rings. The van der Waals surface area contributed by atoms with Gasteiger partial charge in [0, 0.05) is 22.9 Å². The summed E-state index contributed by atoms with van der Waals surface area (Å²) in [6, 6.07) is 12.7. The highest BCUT2D eigenvalue weighted by Gasteiger charge is 2.27. The van der Waals surface area contributed by atoms with Gasteiger partial charge in [-0.1, -0.05) is 36.8 Å². The minimum absolute atomic E-state index is 0.159. The fourth-order valence-corrected chi connectivity index (χ4v) is 4.58. The smallest absolute Gasteiger partial charge is 0.271 e. The van der Waals surface area contributed by atoms with Crippen molar-refractivity contribution in [2.24, 2.45) is 0 Å². The Balaban J connectivity index is 1.53. The Morgan fingerprint density at radius 2 is 1.79 bits per heavy atom. The van der Waals surface area contributed by atoms with E-state index in [2.05, 4.69) is 5.32 Å². The largest absolute Gasteiger partial charge is 0.454 e. The lowest BCUT2D eigenvalue weighted by Crippen LogP contribution is -2.38. The van der Waals surface area contributed by atoms with Crippen LogP contribution in [-0.2, 0) is 17.6 Å². The number of benzene rings is 2. The number of hydrogen-bond acceptors (Lipinski definition) is 5. The standard InChI is InChI=1S/C26H27N3O4/c1-3-21(25(30)27-18-12-13-22-23(14-18)33-15-32-22)29-26(31)20-7-5-4-6-19(20)24(28-29)17-10-8-16(2)9-11-17/h8-14,21H,3-7,15H2,1-2H3,(H,27,30)/t21-/m1/s1. The molecule has 33 heavy (non-hydrogen) atoms. The monoisotopic (exact) mass is 445 g/mol. The van der Waals surface area contributed by atoms with Crippen molar-refractivity contribution in [2.45, 2.75) is 52.0 Å². The first-order chi connectivity index (χ1) is 16.0. The third-order valence-corrected chi connectivity index (χ3v) is 6.38. The van der Waals surface area contributed by atoms with Crippen LogP contribution in [0, 0.1) is 6.92 Å². The molecule has 0 bridgehead atoms. The first-order valence-corrected chi connectivity index (χ1v) is 11.5. The number of carbonyl (C=O) groups is 1. The van der Waals surface area contributed by atoms with E-state index in [1.807, 2.05) is 38.1 Å². The summed E-state index contributed by atoms with van der Waals surface area (Å²) < 4.78 is 12.1. The topological polar surface area (TPSA) is 82.4 Å². The third-order valence-electron chi connectivity index (χ3n) is 6.38. The second-order valence-corrected chi connectivity index (χ2v) is 8.61. The minimum atomic E-state index is -0.723. The molecule has 0 unspecified atom stereocenters. The van der Waals surface area contributed by atoms with Crippen molar-refractivity contribution in [1.29, 1.82) is 0 Å². The van der Waals surface area contributed by atoms with Crippen LogP contribution in [0.15, 0.2) is 47.3 Å². The van der Waals surface area contributed by atoms with E-state index < -0.39 is 6.04 Å². The zero-order chi connectivity index (χ0) is 22.9. The average Bonchev–Trinajstić information content (AvgIpc) is 3.30. The molecule has 170 valence electrons. The number of anilines is 1. The Morgan fingerprint density at radius 3 is 2.55 bits per heavy atom. The second kappa shape index (κ2) is 8.73. The molecule has 1 aliphatic heterocycles. The van der Waals surface area contributed by atoms with E-state index in [1.54, 1.807) is 18.2 Å². The van der Waals surface area contributed by atoms with Gasteiger partial charge in [0.1, 0.15) is 6.04 Å². The van der Waals surface area contributed by atoms with Crippen LogP contribution in [0.2, 0.25) is 0 Å². The first kappa shape index (κ1) is 21.2. The van der Waals surface area contributed by atoms with Crippen LogP contribution in [0.5, 0.6) is 11.5 Å². The molecule has 0 saturated carbocycles. The quantitative estimate of drug-likeness (QED) is 0.629. The molecule has 7 heteroatoms. The fourth-order valence-electron chi connectivity index (χ4n) is 4.58. The summed E-state index contributed by atoms with van der Waals surface area (Å²) in [5, 5.41) is 7.70. The number of nitrogens with zero attached hydrogens (tertiary/aromatic N) is 2. The molecule has 1 aromatic heterocycles. The van der Waals surface area contributed by atoms with E-state index >= 15 is 0 Å². The third kappa shape index (κ3) is 3.99. The summed E-state index contributed by atoms with van der Waals surface area (Å²) in [6.45, 7) is 4.10. The van der Waals surface area contributed by atoms with Gasteiger partial charge >= 0.3 is 0 Å². The van der Waals surface area contributed by atoms with Crippen molar-refractivity contribution < 1.29 is 14.3 Å². The summed E-state index contributed by atoms with van der Waals surface area (Å²) in [4.78, 5) is 26.7. The lowest BCUT2D eigenvalue weighted by atomic mass is 9.89. The second-order valence-electron chi connectivity index (χ2n) is 8.61. The molecule has 2 aromatic carbocycles. The molecule has 0 radical (unpaired) electrons. The zero-order valence-corrected chi connectivity index (χ0v) is 18.9. The molecule has 7 nitrogen and oxygen atoms in total. The normalized spacial score (nSPS) is 15.1. The van der Waals surface area contributed by atoms with Crippen molar-refractivity contribution >= 4 is 11.6 Å². The van der Waals surface area contributed by atoms with Gasteiger partial charge in [0.15, 0.2) is 11.5 Å². The highest BCUT2D eigenvalue weighted by molar-refractivity contribution is 5.94. The number of nitrogens with one attached hydrogen (secondary N) is 1. The van der Waals surface area contributed by atoms with Gasteiger partial charge in [-0.2, -0.15) is 5.10 Å². The first-order valence-electron chi connectivity index (χ1n) is 11.5. The summed E-state index contributed by atoms with van der Waals surface area (Å²) >= 11 is 0. The van der Waals surface area contributed by atoms with Gasteiger partial charge in [-0.3, -0.25) is 9.59 Å². The molecule has 1 amide bonds. The molecule has 1 atom stereocenters. The predicted octanol–water partition coefficient (Wildman–Crippen LogP) is 4.42. The Kier molecular flexibility index (Phi) is 5.62. The van der Waals surface area contributed by atoms with Crippen LogP contribution >= 0.6 is 0 Å². The van der Waals surface area contributed by atoms with Crippen LogP contribution in [0.25, 0.3) is 11.3 Å². The van der Waals surface area contributed by atoms with Gasteiger partial charge < -0.3 is 14.8 Å². The van der Waals surface area contributed by atoms with Gasteiger partial charge in [-0.25, -0.2) is 4.68 Å². The number of amides is 1. The molecule has 0 saturated heterocycles. The average molecular weight is 446 g/mol. The summed E-state index contributed by atoms with van der Waals surface area (Å²) in [7, 11) is 0. The van der Waals surface area contributed by atoms with Crippen molar-refractivity contribution in [1.82, 2.24) is 9.78 Å². The van der Waals surface area contributed by atoms with Gasteiger partial charge in [-0.15, -0.1) is 0 Å². The summed E-state index contributed by atoms with van der Waals surface area (Å²) in [5.41, 5.74) is 5.19. The van der Waals surface area contributed by atoms with Gasteiger partial charge in [-0.05, 0) is 56.7 Å². The van der Waals surface area contributed by atoms with Crippen LogP contribution in [-0.4, -0.2) is 22.5 Å². The van der Waals surface area contributed by atoms with Crippen molar-refractivity contribution in [3.05, 3.63) is 69.5 Å². The fraction of sp³-hybridized carbons (Fsp3) is 0.346. The Hall–Kier alpha value is -3.61. The van der Waals surface area contributed by atoms with E-state index in [1.165, 1.54) is 4.68 Å². The van der Waals surface area contributed by atoms with E-state index in [0.717, 1.165) is 53.6 Å². The van der Waals surface area contributed by atoms with Gasteiger partial charge in [0.25, 0.3) is 5.56 Å². The maximum atomic E-state index is 13.4. The van der Waals surface area contributed by atoms with E-state index in [9.17, 15) is 9.59 Å². The van der Waals surface area contributed by atoms with Crippen LogP contribution in [0.4, 0.5) is 5.69 Å². The Bertz CT molecular complexity index is 1260. The highest BCUT2D eigenvalue weighted by atomic mass is 16.7. The van der Waals surface area contributed by atoms with E-state index in [-0.39, 0.29) is 18.3 Å². The maximum Gasteiger partial charge on any atom is 0.271 e. The molecular weight excluding hydrogens is 418 g/mol. The van der Waals surface area contributed by atoms with E-state index in [0.29, 0.717) is 23.6 Å². The molecule has 0 fully saturated rings. The number of fused-ring (bicyclic) bond motifs is 2. The zero-order valence-electron chi connectivity index (χ0n) is 18.9. The van der Waals surface area contributed by atoms with Crippen molar-refractivity contribution in [3.8, 4) is 22.8 Å². The number of aromatic nitrogens is 2. The van der Waals surface area contributed by atoms with Crippen LogP contribution < -0.4 is 20.3 Å². The lowest BCUT2D eigenvalue weighted by molar-refractivity contribution is -0.119. The van der Waals surface area contributed by atoms with Crippen molar-refractivity contribution in [2.75, 3.05) is 12.1 Å². The minimum Gasteiger partial charge on any atom is -0.454 e. The Morgan fingerprint density at radius 1 is 1.06 bits per heavy atom. The maximum absolute atomic E-state index is 13.4. The number of hydrogen-bond donors (Lipinski definition) is 1. The van der Waals surface area contributed by atoms with E-state index in [4.69, 9.17) is 14.6 Å².